The van der Waals surface area contributed by atoms with Crippen LogP contribution in [0.15, 0.2) is 12.4 Å². The van der Waals surface area contributed by atoms with Crippen molar-refractivity contribution < 1.29 is 4.74 Å². The SMILES string of the molecule is CCN(CCOC)c1ncc(CNC(C)C)cn1. The molecule has 0 spiro atoms. The minimum Gasteiger partial charge on any atom is -0.383 e. The van der Waals surface area contributed by atoms with Crippen LogP contribution in [0.25, 0.3) is 0 Å². The minimum atomic E-state index is 0.471. The molecule has 5 nitrogen and oxygen atoms in total. The Morgan fingerprint density at radius 1 is 1.33 bits per heavy atom. The second kappa shape index (κ2) is 8.00. The first-order valence-electron chi connectivity index (χ1n) is 6.45. The van der Waals surface area contributed by atoms with Crippen LogP contribution in [0.3, 0.4) is 0 Å². The van der Waals surface area contributed by atoms with E-state index >= 15 is 0 Å². The summed E-state index contributed by atoms with van der Waals surface area (Å²) in [7, 11) is 1.70. The third-order valence-electron chi connectivity index (χ3n) is 2.64. The van der Waals surface area contributed by atoms with Gasteiger partial charge in [0.2, 0.25) is 5.95 Å². The summed E-state index contributed by atoms with van der Waals surface area (Å²) in [6.07, 6.45) is 3.76. The molecular weight excluding hydrogens is 228 g/mol. The van der Waals surface area contributed by atoms with Crippen LogP contribution < -0.4 is 10.2 Å². The summed E-state index contributed by atoms with van der Waals surface area (Å²) < 4.78 is 5.08. The molecule has 5 heteroatoms. The number of hydrogen-bond acceptors (Lipinski definition) is 5. The molecular formula is C13H24N4O. The topological polar surface area (TPSA) is 50.3 Å². The maximum absolute atomic E-state index is 5.08. The average molecular weight is 252 g/mol. The van der Waals surface area contributed by atoms with Crippen LogP contribution in [0.2, 0.25) is 0 Å². The number of ether oxygens (including phenoxy) is 1. The molecule has 0 saturated heterocycles. The van der Waals surface area contributed by atoms with Gasteiger partial charge in [-0.05, 0) is 6.92 Å². The molecule has 0 radical (unpaired) electrons. The molecule has 0 aliphatic rings. The highest BCUT2D eigenvalue weighted by atomic mass is 16.5. The van der Waals surface area contributed by atoms with Crippen LogP contribution in [0.1, 0.15) is 26.3 Å². The molecule has 1 aromatic rings. The van der Waals surface area contributed by atoms with E-state index in [1.807, 2.05) is 12.4 Å². The van der Waals surface area contributed by atoms with E-state index in [4.69, 9.17) is 4.74 Å². The summed E-state index contributed by atoms with van der Waals surface area (Å²) in [5, 5.41) is 3.35. The molecule has 0 atom stereocenters. The average Bonchev–Trinajstić information content (AvgIpc) is 2.38. The largest absolute Gasteiger partial charge is 0.383 e. The number of rotatable bonds is 8. The lowest BCUT2D eigenvalue weighted by Gasteiger charge is -2.20. The van der Waals surface area contributed by atoms with Crippen LogP contribution in [0, 0.1) is 0 Å². The zero-order chi connectivity index (χ0) is 13.4. The normalized spacial score (nSPS) is 10.9. The summed E-state index contributed by atoms with van der Waals surface area (Å²) in [4.78, 5) is 10.9. The number of nitrogens with one attached hydrogen (secondary N) is 1. The van der Waals surface area contributed by atoms with Gasteiger partial charge in [-0.25, -0.2) is 9.97 Å². The van der Waals surface area contributed by atoms with E-state index in [2.05, 4.69) is 41.0 Å². The number of nitrogens with zero attached hydrogens (tertiary/aromatic N) is 3. The van der Waals surface area contributed by atoms with Crippen molar-refractivity contribution in [2.24, 2.45) is 0 Å². The molecule has 102 valence electrons. The second-order valence-electron chi connectivity index (χ2n) is 4.50. The van der Waals surface area contributed by atoms with Gasteiger partial charge in [-0.3, -0.25) is 0 Å². The van der Waals surface area contributed by atoms with E-state index in [0.717, 1.165) is 31.1 Å². The molecule has 1 N–H and O–H groups in total. The van der Waals surface area contributed by atoms with Gasteiger partial charge in [0, 0.05) is 50.7 Å². The Balaban J connectivity index is 2.57. The molecule has 0 aromatic carbocycles. The van der Waals surface area contributed by atoms with E-state index in [1.165, 1.54) is 0 Å². The van der Waals surface area contributed by atoms with E-state index in [-0.39, 0.29) is 0 Å². The molecule has 0 unspecified atom stereocenters. The van der Waals surface area contributed by atoms with Crippen molar-refractivity contribution in [3.8, 4) is 0 Å². The van der Waals surface area contributed by atoms with E-state index in [1.54, 1.807) is 7.11 Å². The number of aromatic nitrogens is 2. The lowest BCUT2D eigenvalue weighted by atomic mass is 10.3. The van der Waals surface area contributed by atoms with Gasteiger partial charge in [-0.15, -0.1) is 0 Å². The smallest absolute Gasteiger partial charge is 0.225 e. The Bertz CT molecular complexity index is 326. The van der Waals surface area contributed by atoms with Crippen molar-refractivity contribution in [3.05, 3.63) is 18.0 Å². The van der Waals surface area contributed by atoms with Gasteiger partial charge in [-0.1, -0.05) is 13.8 Å². The van der Waals surface area contributed by atoms with Gasteiger partial charge in [0.1, 0.15) is 0 Å². The fourth-order valence-electron chi connectivity index (χ4n) is 1.53. The maximum Gasteiger partial charge on any atom is 0.225 e. The molecule has 18 heavy (non-hydrogen) atoms. The highest BCUT2D eigenvalue weighted by Gasteiger charge is 2.06. The van der Waals surface area contributed by atoms with Gasteiger partial charge in [-0.2, -0.15) is 0 Å². The van der Waals surface area contributed by atoms with Crippen molar-refractivity contribution in [1.29, 1.82) is 0 Å². The van der Waals surface area contributed by atoms with E-state index in [9.17, 15) is 0 Å². The van der Waals surface area contributed by atoms with Crippen LogP contribution in [0.5, 0.6) is 0 Å². The summed E-state index contributed by atoms with van der Waals surface area (Å²) in [6, 6.07) is 0.471. The summed E-state index contributed by atoms with van der Waals surface area (Å²) >= 11 is 0. The van der Waals surface area contributed by atoms with Crippen molar-refractivity contribution >= 4 is 5.95 Å². The quantitative estimate of drug-likeness (QED) is 0.759. The molecule has 0 bridgehead atoms. The molecule has 0 amide bonds. The molecule has 0 saturated carbocycles. The second-order valence-corrected chi connectivity index (χ2v) is 4.50. The van der Waals surface area contributed by atoms with E-state index in [0.29, 0.717) is 12.6 Å². The fourth-order valence-corrected chi connectivity index (χ4v) is 1.53. The van der Waals surface area contributed by atoms with Crippen molar-refractivity contribution in [2.45, 2.75) is 33.4 Å². The molecule has 1 aromatic heterocycles. The third kappa shape index (κ3) is 4.98. The number of methoxy groups -OCH3 is 1. The third-order valence-corrected chi connectivity index (χ3v) is 2.64. The lowest BCUT2D eigenvalue weighted by molar-refractivity contribution is 0.205. The van der Waals surface area contributed by atoms with Crippen molar-refractivity contribution in [2.75, 3.05) is 31.7 Å². The lowest BCUT2D eigenvalue weighted by Crippen LogP contribution is -2.28. The van der Waals surface area contributed by atoms with Crippen LogP contribution in [-0.4, -0.2) is 42.8 Å². The standard InChI is InChI=1S/C13H24N4O/c1-5-17(6-7-18-4)13-15-9-12(10-16-13)8-14-11(2)3/h9-11,14H,5-8H2,1-4H3. The predicted octanol–water partition coefficient (Wildman–Crippen LogP) is 1.45. The molecule has 0 aliphatic carbocycles. The van der Waals surface area contributed by atoms with Crippen molar-refractivity contribution in [1.82, 2.24) is 15.3 Å². The Kier molecular flexibility index (Phi) is 6.60. The van der Waals surface area contributed by atoms with Gasteiger partial charge in [0.05, 0.1) is 6.61 Å². The molecule has 0 fully saturated rings. The predicted molar refractivity (Wildman–Crippen MR) is 73.8 cm³/mol. The van der Waals surface area contributed by atoms with Crippen LogP contribution in [-0.2, 0) is 11.3 Å². The Labute approximate surface area is 110 Å². The van der Waals surface area contributed by atoms with Crippen LogP contribution in [0.4, 0.5) is 5.95 Å². The first kappa shape index (κ1) is 14.9. The minimum absolute atomic E-state index is 0.471. The number of anilines is 1. The molecule has 1 rings (SSSR count). The Morgan fingerprint density at radius 2 is 2.00 bits per heavy atom. The number of likely N-dealkylation sites (N-methyl/N-ethyl adjacent to an activating group) is 1. The van der Waals surface area contributed by atoms with Gasteiger partial charge < -0.3 is 15.0 Å². The van der Waals surface area contributed by atoms with Gasteiger partial charge >= 0.3 is 0 Å². The Hall–Kier alpha value is -1.20. The Morgan fingerprint density at radius 3 is 2.50 bits per heavy atom. The maximum atomic E-state index is 5.08. The zero-order valence-corrected chi connectivity index (χ0v) is 11.8. The highest BCUT2D eigenvalue weighted by Crippen LogP contribution is 2.06. The number of hydrogen-bond donors (Lipinski definition) is 1. The highest BCUT2D eigenvalue weighted by molar-refractivity contribution is 5.29. The molecule has 1 heterocycles. The fraction of sp³-hybridized carbons (Fsp3) is 0.692. The summed E-state index contributed by atoms with van der Waals surface area (Å²) in [5.41, 5.74) is 1.11. The van der Waals surface area contributed by atoms with E-state index < -0.39 is 0 Å². The van der Waals surface area contributed by atoms with Crippen LogP contribution >= 0.6 is 0 Å². The summed E-state index contributed by atoms with van der Waals surface area (Å²) in [5.74, 6) is 0.767. The summed E-state index contributed by atoms with van der Waals surface area (Å²) in [6.45, 7) is 9.53. The zero-order valence-electron chi connectivity index (χ0n) is 11.8. The molecule has 0 aliphatic heterocycles. The van der Waals surface area contributed by atoms with Gasteiger partial charge in [0.25, 0.3) is 0 Å². The first-order chi connectivity index (χ1) is 8.67. The van der Waals surface area contributed by atoms with Crippen molar-refractivity contribution in [3.63, 3.8) is 0 Å². The van der Waals surface area contributed by atoms with Gasteiger partial charge in [0.15, 0.2) is 0 Å². The monoisotopic (exact) mass is 252 g/mol. The first-order valence-corrected chi connectivity index (χ1v) is 6.45.